The Morgan fingerprint density at radius 3 is 2.39 bits per heavy atom. The van der Waals surface area contributed by atoms with Gasteiger partial charge in [0.2, 0.25) is 12.7 Å². The summed E-state index contributed by atoms with van der Waals surface area (Å²) >= 11 is 0. The zero-order chi connectivity index (χ0) is 27.1. The van der Waals surface area contributed by atoms with Crippen LogP contribution in [0, 0.1) is 5.92 Å². The molecule has 4 rings (SSSR count). The summed E-state index contributed by atoms with van der Waals surface area (Å²) in [4.78, 5) is 30.5. The second-order valence-electron chi connectivity index (χ2n) is 9.34. The van der Waals surface area contributed by atoms with Crippen molar-refractivity contribution in [3.8, 4) is 17.2 Å². The molecule has 2 aromatic rings. The number of benzene rings is 2. The van der Waals surface area contributed by atoms with Crippen molar-refractivity contribution in [1.29, 1.82) is 0 Å². The number of amides is 1. The van der Waals surface area contributed by atoms with Gasteiger partial charge in [0, 0.05) is 44.6 Å². The van der Waals surface area contributed by atoms with Gasteiger partial charge in [-0.25, -0.2) is 0 Å². The fourth-order valence-corrected chi connectivity index (χ4v) is 5.35. The maximum absolute atomic E-state index is 13.5. The van der Waals surface area contributed by atoms with Gasteiger partial charge in [0.1, 0.15) is 5.75 Å². The molecule has 0 saturated carbocycles. The van der Waals surface area contributed by atoms with Gasteiger partial charge in [-0.1, -0.05) is 30.4 Å². The summed E-state index contributed by atoms with van der Waals surface area (Å²) in [5, 5.41) is 0. The maximum Gasteiger partial charge on any atom is 0.311 e. The number of rotatable bonds is 12. The molecule has 8 heteroatoms. The van der Waals surface area contributed by atoms with E-state index in [0.29, 0.717) is 44.1 Å². The van der Waals surface area contributed by atoms with Gasteiger partial charge in [-0.15, -0.1) is 13.2 Å². The summed E-state index contributed by atoms with van der Waals surface area (Å²) in [6.45, 7) is 11.8. The van der Waals surface area contributed by atoms with Crippen molar-refractivity contribution in [3.63, 3.8) is 0 Å². The van der Waals surface area contributed by atoms with Gasteiger partial charge >= 0.3 is 5.97 Å². The Balaban J connectivity index is 1.68. The largest absolute Gasteiger partial charge is 0.497 e. The molecule has 2 aliphatic rings. The van der Waals surface area contributed by atoms with Crippen molar-refractivity contribution in [2.75, 3.05) is 46.7 Å². The van der Waals surface area contributed by atoms with Crippen molar-refractivity contribution in [3.05, 3.63) is 78.9 Å². The zero-order valence-electron chi connectivity index (χ0n) is 22.1. The summed E-state index contributed by atoms with van der Waals surface area (Å²) in [6.07, 6.45) is 3.73. The third-order valence-electron chi connectivity index (χ3n) is 7.10. The number of hydrogen-bond donors (Lipinski definition) is 0. The third kappa shape index (κ3) is 5.86. The molecule has 1 amide bonds. The molecule has 2 heterocycles. The molecule has 0 aromatic heterocycles. The Labute approximate surface area is 224 Å². The smallest absolute Gasteiger partial charge is 0.311 e. The number of methoxy groups -OCH3 is 1. The summed E-state index contributed by atoms with van der Waals surface area (Å²) in [5.41, 5.74) is 1.94. The van der Waals surface area contributed by atoms with E-state index in [9.17, 15) is 9.59 Å². The molecule has 0 radical (unpaired) electrons. The average Bonchev–Trinajstić information content (AvgIpc) is 3.56. The van der Waals surface area contributed by atoms with Crippen LogP contribution in [0.5, 0.6) is 17.2 Å². The Bertz CT molecular complexity index is 1140. The minimum Gasteiger partial charge on any atom is -0.497 e. The predicted octanol–water partition coefficient (Wildman–Crippen LogP) is 4.33. The van der Waals surface area contributed by atoms with Crippen LogP contribution in [0.4, 0.5) is 0 Å². The first kappa shape index (κ1) is 27.3. The number of fused-ring (bicyclic) bond motifs is 1. The van der Waals surface area contributed by atoms with E-state index < -0.39 is 5.92 Å². The van der Waals surface area contributed by atoms with Crippen LogP contribution in [0.3, 0.4) is 0 Å². The van der Waals surface area contributed by atoms with E-state index in [0.717, 1.165) is 16.9 Å². The summed E-state index contributed by atoms with van der Waals surface area (Å²) in [7, 11) is 1.62. The lowest BCUT2D eigenvalue weighted by Crippen LogP contribution is -2.36. The van der Waals surface area contributed by atoms with Gasteiger partial charge in [-0.3, -0.25) is 14.5 Å². The van der Waals surface area contributed by atoms with Crippen LogP contribution >= 0.6 is 0 Å². The average molecular weight is 521 g/mol. The van der Waals surface area contributed by atoms with Gasteiger partial charge in [0.15, 0.2) is 11.5 Å². The molecule has 3 atom stereocenters. The van der Waals surface area contributed by atoms with Gasteiger partial charge < -0.3 is 23.8 Å². The molecule has 2 aliphatic heterocycles. The molecule has 0 spiro atoms. The van der Waals surface area contributed by atoms with E-state index in [1.54, 1.807) is 24.2 Å². The molecular formula is C30H36N2O6. The summed E-state index contributed by atoms with van der Waals surface area (Å²) in [6, 6.07) is 13.3. The van der Waals surface area contributed by atoms with E-state index in [2.05, 4.69) is 18.1 Å². The predicted molar refractivity (Wildman–Crippen MR) is 144 cm³/mol. The maximum atomic E-state index is 13.5. The Morgan fingerprint density at radius 2 is 1.74 bits per heavy atom. The molecule has 202 valence electrons. The Kier molecular flexibility index (Phi) is 9.07. The van der Waals surface area contributed by atoms with E-state index in [1.807, 2.05) is 49.4 Å². The fraction of sp³-hybridized carbons (Fsp3) is 0.400. The van der Waals surface area contributed by atoms with Crippen molar-refractivity contribution in [2.24, 2.45) is 5.92 Å². The summed E-state index contributed by atoms with van der Waals surface area (Å²) < 4.78 is 22.1. The van der Waals surface area contributed by atoms with Crippen LogP contribution < -0.4 is 14.2 Å². The van der Waals surface area contributed by atoms with Gasteiger partial charge in [0.25, 0.3) is 0 Å². The lowest BCUT2D eigenvalue weighted by molar-refractivity contribution is -0.149. The van der Waals surface area contributed by atoms with Crippen molar-refractivity contribution >= 4 is 11.9 Å². The lowest BCUT2D eigenvalue weighted by atomic mass is 9.82. The minimum atomic E-state index is -0.476. The highest BCUT2D eigenvalue weighted by Crippen LogP contribution is 2.48. The van der Waals surface area contributed by atoms with Crippen molar-refractivity contribution in [2.45, 2.75) is 25.3 Å². The van der Waals surface area contributed by atoms with Crippen molar-refractivity contribution < 1.29 is 28.5 Å². The topological polar surface area (TPSA) is 77.5 Å². The highest BCUT2D eigenvalue weighted by Gasteiger charge is 2.48. The number of carbonyl (C=O) groups excluding carboxylic acids is 2. The van der Waals surface area contributed by atoms with E-state index >= 15 is 0 Å². The van der Waals surface area contributed by atoms with Gasteiger partial charge in [-0.05, 0) is 42.3 Å². The number of nitrogens with zero attached hydrogens (tertiary/aromatic N) is 2. The zero-order valence-corrected chi connectivity index (χ0v) is 22.1. The number of ether oxygens (including phenoxy) is 4. The first-order valence-corrected chi connectivity index (χ1v) is 12.9. The van der Waals surface area contributed by atoms with Gasteiger partial charge in [-0.2, -0.15) is 0 Å². The Morgan fingerprint density at radius 1 is 1.05 bits per heavy atom. The molecule has 2 aromatic carbocycles. The standard InChI is InChI=1S/C30H36N2O6/c1-5-15-31(16-6-2)27(33)14-17-32-19-24(22-10-13-25-26(18-22)38-20-37-25)28(30(34)36-7-3)29(32)21-8-11-23(35-4)12-9-21/h5-6,8-13,18,24,28-29H,1-2,7,14-17,19-20H2,3-4H3/t24-,28-,29+/m0/s1. The molecule has 0 unspecified atom stereocenters. The number of hydrogen-bond acceptors (Lipinski definition) is 7. The second-order valence-corrected chi connectivity index (χ2v) is 9.34. The van der Waals surface area contributed by atoms with Crippen LogP contribution in [0.1, 0.15) is 36.4 Å². The van der Waals surface area contributed by atoms with Crippen LogP contribution in [0.2, 0.25) is 0 Å². The van der Waals surface area contributed by atoms with Crippen LogP contribution in [0.15, 0.2) is 67.8 Å². The highest BCUT2D eigenvalue weighted by atomic mass is 16.7. The van der Waals surface area contributed by atoms with Crippen LogP contribution in [-0.2, 0) is 14.3 Å². The first-order valence-electron chi connectivity index (χ1n) is 12.9. The highest BCUT2D eigenvalue weighted by molar-refractivity contribution is 5.77. The molecule has 0 aliphatic carbocycles. The second kappa shape index (κ2) is 12.6. The number of likely N-dealkylation sites (tertiary alicyclic amines) is 1. The van der Waals surface area contributed by atoms with Crippen LogP contribution in [0.25, 0.3) is 0 Å². The fourth-order valence-electron chi connectivity index (χ4n) is 5.35. The molecule has 0 N–H and O–H groups in total. The minimum absolute atomic E-state index is 0.0116. The van der Waals surface area contributed by atoms with Crippen LogP contribution in [-0.4, -0.2) is 68.4 Å². The number of esters is 1. The van der Waals surface area contributed by atoms with Gasteiger partial charge in [0.05, 0.1) is 19.6 Å². The normalized spacial score (nSPS) is 20.1. The van der Waals surface area contributed by atoms with E-state index in [-0.39, 0.29) is 37.2 Å². The van der Waals surface area contributed by atoms with Crippen molar-refractivity contribution in [1.82, 2.24) is 9.80 Å². The SMILES string of the molecule is C=CCN(CC=C)C(=O)CCN1C[C@@H](c2ccc3c(c2)OCO3)[C@H](C(=O)OCC)[C@H]1c1ccc(OC)cc1. The summed E-state index contributed by atoms with van der Waals surface area (Å²) in [5.74, 6) is 1.21. The molecule has 8 nitrogen and oxygen atoms in total. The third-order valence-corrected chi connectivity index (χ3v) is 7.10. The lowest BCUT2D eigenvalue weighted by Gasteiger charge is -2.29. The quantitative estimate of drug-likeness (QED) is 0.304. The molecular weight excluding hydrogens is 484 g/mol. The number of carbonyl (C=O) groups is 2. The first-order chi connectivity index (χ1) is 18.5. The Hall–Kier alpha value is -3.78. The monoisotopic (exact) mass is 520 g/mol. The van der Waals surface area contributed by atoms with E-state index in [1.165, 1.54) is 0 Å². The van der Waals surface area contributed by atoms with E-state index in [4.69, 9.17) is 18.9 Å². The molecule has 1 saturated heterocycles. The molecule has 1 fully saturated rings. The molecule has 0 bridgehead atoms. The molecule has 38 heavy (non-hydrogen) atoms.